The minimum absolute atomic E-state index is 0.0346. The molecule has 1 amide bonds. The third-order valence-electron chi connectivity index (χ3n) is 3.95. The molecule has 2 atom stereocenters. The number of nitrogens with two attached hydrogens (primary N) is 1. The average Bonchev–Trinajstić information content (AvgIpc) is 2.37. The summed E-state index contributed by atoms with van der Waals surface area (Å²) in [7, 11) is 0. The first-order valence-corrected chi connectivity index (χ1v) is 6.68. The summed E-state index contributed by atoms with van der Waals surface area (Å²) in [6.45, 7) is 0.231. The third-order valence-corrected chi connectivity index (χ3v) is 3.95. The Hall–Kier alpha value is -1.04. The fraction of sp³-hybridized carbons (Fsp3) is 0.769. The van der Waals surface area contributed by atoms with Gasteiger partial charge in [-0.3, -0.25) is 4.79 Å². The molecule has 0 aromatic carbocycles. The van der Waals surface area contributed by atoms with Crippen LogP contribution in [0.25, 0.3) is 0 Å². The van der Waals surface area contributed by atoms with E-state index < -0.39 is 11.7 Å². The molecule has 1 aliphatic heterocycles. The minimum atomic E-state index is -4.26. The van der Waals surface area contributed by atoms with Gasteiger partial charge in [0, 0.05) is 30.6 Å². The highest BCUT2D eigenvalue weighted by molar-refractivity contribution is 5.79. The number of carbonyl (C=O) groups is 1. The van der Waals surface area contributed by atoms with Gasteiger partial charge in [0.1, 0.15) is 0 Å². The van der Waals surface area contributed by atoms with Crippen molar-refractivity contribution in [1.29, 1.82) is 0 Å². The van der Waals surface area contributed by atoms with E-state index in [-0.39, 0.29) is 37.4 Å². The van der Waals surface area contributed by atoms with E-state index in [1.165, 1.54) is 4.90 Å². The van der Waals surface area contributed by atoms with Gasteiger partial charge in [0.25, 0.3) is 0 Å². The van der Waals surface area contributed by atoms with E-state index in [9.17, 15) is 18.0 Å². The second-order valence-electron chi connectivity index (χ2n) is 5.38. The Morgan fingerprint density at radius 2 is 2.11 bits per heavy atom. The van der Waals surface area contributed by atoms with Crippen LogP contribution in [0.1, 0.15) is 32.1 Å². The summed E-state index contributed by atoms with van der Waals surface area (Å²) in [5.74, 6) is -0.141. The Bertz CT molecular complexity index is 379. The predicted octanol–water partition coefficient (Wildman–Crippen LogP) is 2.22. The zero-order valence-electron chi connectivity index (χ0n) is 10.7. The first-order valence-electron chi connectivity index (χ1n) is 6.68. The summed E-state index contributed by atoms with van der Waals surface area (Å²) in [4.78, 5) is 13.7. The molecule has 19 heavy (non-hydrogen) atoms. The Balaban J connectivity index is 1.94. The number of alkyl halides is 3. The van der Waals surface area contributed by atoms with Crippen molar-refractivity contribution in [2.75, 3.05) is 13.1 Å². The number of amides is 1. The smallest absolute Gasteiger partial charge is 0.338 e. The van der Waals surface area contributed by atoms with E-state index in [1.807, 2.05) is 0 Å². The zero-order chi connectivity index (χ0) is 14.0. The van der Waals surface area contributed by atoms with Crippen molar-refractivity contribution in [2.45, 2.75) is 44.3 Å². The lowest BCUT2D eigenvalue weighted by Crippen LogP contribution is -2.43. The molecule has 3 nitrogen and oxygen atoms in total. The molecule has 2 aliphatic rings. The van der Waals surface area contributed by atoms with Gasteiger partial charge in [-0.2, -0.15) is 13.2 Å². The molecule has 2 rings (SSSR count). The number of carbonyl (C=O) groups excluding carboxylic acids is 1. The molecule has 0 bridgehead atoms. The van der Waals surface area contributed by atoms with Crippen LogP contribution < -0.4 is 5.73 Å². The lowest BCUT2D eigenvalue weighted by atomic mass is 9.85. The van der Waals surface area contributed by atoms with Crippen molar-refractivity contribution >= 4 is 5.91 Å². The van der Waals surface area contributed by atoms with Gasteiger partial charge < -0.3 is 10.6 Å². The number of hydrogen-bond acceptors (Lipinski definition) is 2. The van der Waals surface area contributed by atoms with Crippen molar-refractivity contribution in [3.63, 3.8) is 0 Å². The summed E-state index contributed by atoms with van der Waals surface area (Å²) < 4.78 is 37.5. The second kappa shape index (κ2) is 5.53. The zero-order valence-corrected chi connectivity index (χ0v) is 10.7. The minimum Gasteiger partial charge on any atom is -0.338 e. The van der Waals surface area contributed by atoms with Crippen LogP contribution in [0, 0.1) is 5.92 Å². The Morgan fingerprint density at radius 3 is 2.63 bits per heavy atom. The van der Waals surface area contributed by atoms with E-state index in [4.69, 9.17) is 5.73 Å². The Kier molecular flexibility index (Phi) is 4.18. The van der Waals surface area contributed by atoms with Gasteiger partial charge in [0.15, 0.2) is 0 Å². The average molecular weight is 276 g/mol. The summed E-state index contributed by atoms with van der Waals surface area (Å²) in [5, 5.41) is 0. The van der Waals surface area contributed by atoms with Crippen LogP contribution in [0.2, 0.25) is 0 Å². The molecule has 6 heteroatoms. The SMILES string of the molecule is NC1CCCC(C(=O)N2CC=C(C(F)(F)F)CC2)C1. The third kappa shape index (κ3) is 3.49. The fourth-order valence-corrected chi connectivity index (χ4v) is 2.84. The molecule has 0 aromatic heterocycles. The van der Waals surface area contributed by atoms with E-state index in [1.54, 1.807) is 0 Å². The molecule has 0 saturated heterocycles. The molecular weight excluding hydrogens is 257 g/mol. The van der Waals surface area contributed by atoms with Crippen molar-refractivity contribution in [1.82, 2.24) is 4.90 Å². The summed E-state index contributed by atoms with van der Waals surface area (Å²) in [6.07, 6.45) is 0.0848. The van der Waals surface area contributed by atoms with Crippen LogP contribution in [0.4, 0.5) is 13.2 Å². The Labute approximate surface area is 110 Å². The number of rotatable bonds is 1. The molecular formula is C13H19F3N2O. The van der Waals surface area contributed by atoms with Crippen LogP contribution in [0.3, 0.4) is 0 Å². The summed E-state index contributed by atoms with van der Waals surface area (Å²) in [6, 6.07) is 0.0498. The molecule has 1 saturated carbocycles. The van der Waals surface area contributed by atoms with Crippen molar-refractivity contribution in [3.05, 3.63) is 11.6 Å². The van der Waals surface area contributed by atoms with Gasteiger partial charge in [-0.05, 0) is 25.7 Å². The summed E-state index contributed by atoms with van der Waals surface area (Å²) in [5.41, 5.74) is 5.32. The van der Waals surface area contributed by atoms with Gasteiger partial charge in [-0.15, -0.1) is 0 Å². The largest absolute Gasteiger partial charge is 0.412 e. The van der Waals surface area contributed by atoms with Crippen molar-refractivity contribution < 1.29 is 18.0 Å². The van der Waals surface area contributed by atoms with Gasteiger partial charge in [0.2, 0.25) is 5.91 Å². The molecule has 0 radical (unpaired) electrons. The molecule has 108 valence electrons. The van der Waals surface area contributed by atoms with Gasteiger partial charge in [-0.25, -0.2) is 0 Å². The Morgan fingerprint density at radius 1 is 1.37 bits per heavy atom. The highest BCUT2D eigenvalue weighted by Gasteiger charge is 2.36. The van der Waals surface area contributed by atoms with Crippen molar-refractivity contribution in [3.8, 4) is 0 Å². The first kappa shape index (κ1) is 14.4. The molecule has 2 N–H and O–H groups in total. The van der Waals surface area contributed by atoms with Gasteiger partial charge in [0.05, 0.1) is 0 Å². The first-order chi connectivity index (χ1) is 8.88. The maximum absolute atomic E-state index is 12.5. The van der Waals surface area contributed by atoms with Crippen LogP contribution in [-0.4, -0.2) is 36.1 Å². The second-order valence-corrected chi connectivity index (χ2v) is 5.38. The van der Waals surface area contributed by atoms with Gasteiger partial charge >= 0.3 is 6.18 Å². The molecule has 1 heterocycles. The lowest BCUT2D eigenvalue weighted by Gasteiger charge is -2.33. The molecule has 1 aliphatic carbocycles. The maximum atomic E-state index is 12.5. The van der Waals surface area contributed by atoms with E-state index in [0.717, 1.165) is 25.3 Å². The number of hydrogen-bond donors (Lipinski definition) is 1. The van der Waals surface area contributed by atoms with Crippen LogP contribution >= 0.6 is 0 Å². The van der Waals surface area contributed by atoms with E-state index in [0.29, 0.717) is 6.42 Å². The number of halogens is 3. The molecule has 0 spiro atoms. The van der Waals surface area contributed by atoms with E-state index in [2.05, 4.69) is 0 Å². The van der Waals surface area contributed by atoms with Crippen molar-refractivity contribution in [2.24, 2.45) is 11.7 Å². The predicted molar refractivity (Wildman–Crippen MR) is 65.3 cm³/mol. The molecule has 0 aromatic rings. The number of nitrogens with zero attached hydrogens (tertiary/aromatic N) is 1. The highest BCUT2D eigenvalue weighted by Crippen LogP contribution is 2.31. The standard InChI is InChI=1S/C13H19F3N2O/c14-13(15,16)10-4-6-18(7-5-10)12(19)9-2-1-3-11(17)8-9/h4,9,11H,1-3,5-8,17H2. The van der Waals surface area contributed by atoms with Crippen LogP contribution in [-0.2, 0) is 4.79 Å². The van der Waals surface area contributed by atoms with E-state index >= 15 is 0 Å². The summed E-state index contributed by atoms with van der Waals surface area (Å²) >= 11 is 0. The molecule has 2 unspecified atom stereocenters. The fourth-order valence-electron chi connectivity index (χ4n) is 2.84. The molecule has 1 fully saturated rings. The van der Waals surface area contributed by atoms with Crippen LogP contribution in [0.5, 0.6) is 0 Å². The topological polar surface area (TPSA) is 46.3 Å². The highest BCUT2D eigenvalue weighted by atomic mass is 19.4. The maximum Gasteiger partial charge on any atom is 0.412 e. The normalized spacial score (nSPS) is 29.1. The van der Waals surface area contributed by atoms with Crippen LogP contribution in [0.15, 0.2) is 11.6 Å². The lowest BCUT2D eigenvalue weighted by molar-refractivity contribution is -0.137. The van der Waals surface area contributed by atoms with Gasteiger partial charge in [-0.1, -0.05) is 12.5 Å². The quantitative estimate of drug-likeness (QED) is 0.746. The monoisotopic (exact) mass is 276 g/mol.